The maximum Gasteiger partial charge on any atom is 0.174 e. The van der Waals surface area contributed by atoms with E-state index in [-0.39, 0.29) is 0 Å². The molecule has 0 saturated carbocycles. The number of halogens is 1. The molecule has 0 aliphatic carbocycles. The third-order valence-corrected chi connectivity index (χ3v) is 5.74. The number of fused-ring (bicyclic) bond motifs is 1. The summed E-state index contributed by atoms with van der Waals surface area (Å²) in [5, 5.41) is 2.40. The lowest BCUT2D eigenvalue weighted by Gasteiger charge is -2.14. The van der Waals surface area contributed by atoms with E-state index < -0.39 is 0 Å². The van der Waals surface area contributed by atoms with Crippen molar-refractivity contribution in [1.29, 1.82) is 0 Å². The van der Waals surface area contributed by atoms with Crippen molar-refractivity contribution in [3.8, 4) is 17.2 Å². The van der Waals surface area contributed by atoms with Gasteiger partial charge >= 0.3 is 0 Å². The zero-order valence-corrected chi connectivity index (χ0v) is 19.5. The molecule has 156 valence electrons. The Bertz CT molecular complexity index is 1210. The molecule has 0 spiro atoms. The minimum absolute atomic E-state index is 0.465. The Labute approximate surface area is 195 Å². The molecular weight excluding hydrogens is 501 g/mol. The molecule has 0 unspecified atom stereocenters. The summed E-state index contributed by atoms with van der Waals surface area (Å²) in [7, 11) is 3.30. The SMILES string of the molecule is COc1ccc(N=Cc2cc(I)c(OCc3cccc4ccccc34)c(OC)c2)cc1. The Hall–Kier alpha value is -3.06. The zero-order valence-electron chi connectivity index (χ0n) is 17.3. The first-order valence-corrected chi connectivity index (χ1v) is 10.9. The predicted octanol–water partition coefficient (Wildman–Crippen LogP) is 6.79. The van der Waals surface area contributed by atoms with Gasteiger partial charge in [0.1, 0.15) is 12.4 Å². The smallest absolute Gasteiger partial charge is 0.174 e. The lowest BCUT2D eigenvalue weighted by atomic mass is 10.1. The van der Waals surface area contributed by atoms with Crippen molar-refractivity contribution in [3.63, 3.8) is 0 Å². The van der Waals surface area contributed by atoms with Gasteiger partial charge in [0.15, 0.2) is 11.5 Å². The number of methoxy groups -OCH3 is 2. The number of benzene rings is 4. The number of ether oxygens (including phenoxy) is 3. The first-order chi connectivity index (χ1) is 15.2. The van der Waals surface area contributed by atoms with Crippen LogP contribution in [0.4, 0.5) is 5.69 Å². The maximum atomic E-state index is 6.21. The van der Waals surface area contributed by atoms with Crippen LogP contribution in [0.3, 0.4) is 0 Å². The second-order valence-corrected chi connectivity index (χ2v) is 8.08. The molecule has 4 rings (SSSR count). The van der Waals surface area contributed by atoms with Gasteiger partial charge in [-0.1, -0.05) is 42.5 Å². The molecule has 0 aromatic heterocycles. The molecule has 0 aliphatic heterocycles. The number of rotatable bonds is 7. The van der Waals surface area contributed by atoms with Gasteiger partial charge in [-0.2, -0.15) is 0 Å². The Balaban J connectivity index is 1.55. The minimum Gasteiger partial charge on any atom is -0.497 e. The first kappa shape index (κ1) is 21.2. The minimum atomic E-state index is 0.465. The van der Waals surface area contributed by atoms with Crippen molar-refractivity contribution in [3.05, 3.63) is 93.6 Å². The van der Waals surface area contributed by atoms with Crippen molar-refractivity contribution in [2.45, 2.75) is 6.61 Å². The van der Waals surface area contributed by atoms with Crippen LogP contribution in [0, 0.1) is 3.57 Å². The average molecular weight is 523 g/mol. The largest absolute Gasteiger partial charge is 0.497 e. The molecule has 0 saturated heterocycles. The third-order valence-electron chi connectivity index (χ3n) is 4.94. The van der Waals surface area contributed by atoms with Gasteiger partial charge in [-0.25, -0.2) is 0 Å². The molecule has 0 atom stereocenters. The molecule has 0 amide bonds. The Morgan fingerprint density at radius 3 is 2.42 bits per heavy atom. The normalized spacial score (nSPS) is 11.1. The molecule has 0 radical (unpaired) electrons. The molecule has 5 heteroatoms. The average Bonchev–Trinajstić information content (AvgIpc) is 2.82. The van der Waals surface area contributed by atoms with Gasteiger partial charge in [-0.05, 0) is 80.9 Å². The van der Waals surface area contributed by atoms with E-state index in [0.717, 1.165) is 31.9 Å². The Kier molecular flexibility index (Phi) is 6.72. The van der Waals surface area contributed by atoms with Gasteiger partial charge in [0, 0.05) is 6.21 Å². The van der Waals surface area contributed by atoms with Crippen LogP contribution in [0.5, 0.6) is 17.2 Å². The number of nitrogens with zero attached hydrogens (tertiary/aromatic N) is 1. The summed E-state index contributed by atoms with van der Waals surface area (Å²) in [4.78, 5) is 4.55. The van der Waals surface area contributed by atoms with Gasteiger partial charge in [-0.3, -0.25) is 4.99 Å². The molecule has 4 aromatic rings. The fourth-order valence-corrected chi connectivity index (χ4v) is 4.12. The van der Waals surface area contributed by atoms with E-state index in [9.17, 15) is 0 Å². The Morgan fingerprint density at radius 2 is 1.65 bits per heavy atom. The lowest BCUT2D eigenvalue weighted by molar-refractivity contribution is 0.283. The fourth-order valence-electron chi connectivity index (χ4n) is 3.34. The summed E-state index contributed by atoms with van der Waals surface area (Å²) in [6, 6.07) is 26.2. The summed E-state index contributed by atoms with van der Waals surface area (Å²) in [6.45, 7) is 0.465. The van der Waals surface area contributed by atoms with Crippen molar-refractivity contribution >= 4 is 45.3 Å². The van der Waals surface area contributed by atoms with E-state index in [4.69, 9.17) is 14.2 Å². The molecule has 0 bridgehead atoms. The van der Waals surface area contributed by atoms with Gasteiger partial charge in [0.2, 0.25) is 0 Å². The lowest BCUT2D eigenvalue weighted by Crippen LogP contribution is -2.01. The van der Waals surface area contributed by atoms with Crippen LogP contribution < -0.4 is 14.2 Å². The van der Waals surface area contributed by atoms with Crippen LogP contribution in [-0.2, 0) is 6.61 Å². The highest BCUT2D eigenvalue weighted by Gasteiger charge is 2.12. The highest BCUT2D eigenvalue weighted by atomic mass is 127. The highest BCUT2D eigenvalue weighted by molar-refractivity contribution is 14.1. The molecule has 4 nitrogen and oxygen atoms in total. The van der Waals surface area contributed by atoms with Gasteiger partial charge in [0.25, 0.3) is 0 Å². The van der Waals surface area contributed by atoms with E-state index in [1.807, 2.05) is 54.7 Å². The standard InChI is InChI=1S/C26H22INO3/c1-29-22-12-10-21(11-13-22)28-16-18-14-24(27)26(25(15-18)30-2)31-17-20-8-5-7-19-6-3-4-9-23(19)20/h3-16H,17H2,1-2H3. The predicted molar refractivity (Wildman–Crippen MR) is 134 cm³/mol. The van der Waals surface area contributed by atoms with Crippen molar-refractivity contribution in [2.24, 2.45) is 4.99 Å². The quantitative estimate of drug-likeness (QED) is 0.198. The van der Waals surface area contributed by atoms with Crippen molar-refractivity contribution < 1.29 is 14.2 Å². The van der Waals surface area contributed by atoms with Crippen LogP contribution >= 0.6 is 22.6 Å². The molecule has 31 heavy (non-hydrogen) atoms. The summed E-state index contributed by atoms with van der Waals surface area (Å²) in [5.41, 5.74) is 2.93. The number of aliphatic imine (C=N–C) groups is 1. The van der Waals surface area contributed by atoms with Crippen molar-refractivity contribution in [1.82, 2.24) is 0 Å². The maximum absolute atomic E-state index is 6.21. The van der Waals surface area contributed by atoms with Crippen molar-refractivity contribution in [2.75, 3.05) is 14.2 Å². The van der Waals surface area contributed by atoms with Crippen LogP contribution in [0.2, 0.25) is 0 Å². The van der Waals surface area contributed by atoms with E-state index in [0.29, 0.717) is 12.4 Å². The molecule has 0 fully saturated rings. The topological polar surface area (TPSA) is 40.0 Å². The zero-order chi connectivity index (χ0) is 21.6. The fraction of sp³-hybridized carbons (Fsp3) is 0.115. The molecule has 0 N–H and O–H groups in total. The highest BCUT2D eigenvalue weighted by Crippen LogP contribution is 2.35. The van der Waals surface area contributed by atoms with E-state index in [1.54, 1.807) is 14.2 Å². The van der Waals surface area contributed by atoms with Gasteiger partial charge in [-0.15, -0.1) is 0 Å². The van der Waals surface area contributed by atoms with Gasteiger partial charge in [0.05, 0.1) is 23.5 Å². The molecule has 0 heterocycles. The summed E-state index contributed by atoms with van der Waals surface area (Å²) in [6.07, 6.45) is 1.82. The van der Waals surface area contributed by atoms with Crippen LogP contribution in [-0.4, -0.2) is 20.4 Å². The van der Waals surface area contributed by atoms with Gasteiger partial charge < -0.3 is 14.2 Å². The number of hydrogen-bond donors (Lipinski definition) is 0. The Morgan fingerprint density at radius 1 is 0.871 bits per heavy atom. The van der Waals surface area contributed by atoms with Crippen LogP contribution in [0.15, 0.2) is 83.9 Å². The second-order valence-electron chi connectivity index (χ2n) is 6.92. The van der Waals surface area contributed by atoms with E-state index in [2.05, 4.69) is 57.9 Å². The number of hydrogen-bond acceptors (Lipinski definition) is 4. The first-order valence-electron chi connectivity index (χ1n) is 9.83. The summed E-state index contributed by atoms with van der Waals surface area (Å²) < 4.78 is 18.0. The molecule has 4 aromatic carbocycles. The van der Waals surface area contributed by atoms with Crippen LogP contribution in [0.25, 0.3) is 10.8 Å². The monoisotopic (exact) mass is 523 g/mol. The summed E-state index contributed by atoms with van der Waals surface area (Å²) >= 11 is 2.28. The van der Waals surface area contributed by atoms with E-state index in [1.165, 1.54) is 10.8 Å². The molecular formula is C26H22INO3. The molecule has 0 aliphatic rings. The van der Waals surface area contributed by atoms with E-state index >= 15 is 0 Å². The van der Waals surface area contributed by atoms with Crippen LogP contribution in [0.1, 0.15) is 11.1 Å². The third kappa shape index (κ3) is 4.99. The summed E-state index contributed by atoms with van der Waals surface area (Å²) in [5.74, 6) is 2.23. The second kappa shape index (κ2) is 9.83.